The number of fused-ring (bicyclic) bond motifs is 9. The van der Waals surface area contributed by atoms with Crippen LogP contribution < -0.4 is 0 Å². The Bertz CT molecular complexity index is 3150. The molecule has 2 aromatic heterocycles. The summed E-state index contributed by atoms with van der Waals surface area (Å²) >= 11 is 0. The van der Waals surface area contributed by atoms with E-state index >= 15 is 0 Å². The molecule has 0 bridgehead atoms. The van der Waals surface area contributed by atoms with Gasteiger partial charge in [-0.05, 0) is 75.3 Å². The number of hydrogen-bond donors (Lipinski definition) is 0. The van der Waals surface area contributed by atoms with Crippen molar-refractivity contribution in [1.29, 1.82) is 0 Å². The molecule has 0 N–H and O–H groups in total. The van der Waals surface area contributed by atoms with E-state index < -0.39 is 0 Å². The summed E-state index contributed by atoms with van der Waals surface area (Å²) in [5.74, 6) is 0. The molecule has 0 saturated heterocycles. The van der Waals surface area contributed by atoms with Gasteiger partial charge in [0, 0.05) is 43.9 Å². The molecule has 0 unspecified atom stereocenters. The molecule has 11 aromatic rings. The summed E-state index contributed by atoms with van der Waals surface area (Å²) in [6.07, 6.45) is 0. The number of nitrogens with zero attached hydrogens (tertiary/aromatic N) is 2. The van der Waals surface area contributed by atoms with Gasteiger partial charge in [0.2, 0.25) is 0 Å². The standard InChI is InChI=1S/C50H32N2/c1-3-13-33(14-4-1)34-23-27-39(28-24-34)51-46-22-12-11-21-42(46)43-29-26-37(32-47(43)51)48-40-19-9-8-16-36(40)31-45-44-30-25-35-15-7-10-20-41(35)49(44)52(50(45)48)38-17-5-2-6-18-38/h1-32H. The summed E-state index contributed by atoms with van der Waals surface area (Å²) in [5.41, 5.74) is 12.1. The average Bonchev–Trinajstić information content (AvgIpc) is 3.73. The molecule has 0 fully saturated rings. The first-order valence-corrected chi connectivity index (χ1v) is 17.9. The topological polar surface area (TPSA) is 9.86 Å². The largest absolute Gasteiger partial charge is 0.309 e. The lowest BCUT2D eigenvalue weighted by Crippen LogP contribution is -1.97. The molecule has 9 aromatic carbocycles. The third-order valence-electron chi connectivity index (χ3n) is 10.9. The molecule has 52 heavy (non-hydrogen) atoms. The molecule has 2 nitrogen and oxygen atoms in total. The van der Waals surface area contributed by atoms with E-state index in [9.17, 15) is 0 Å². The van der Waals surface area contributed by atoms with Crippen LogP contribution in [-0.4, -0.2) is 9.13 Å². The molecule has 0 atom stereocenters. The molecule has 0 radical (unpaired) electrons. The van der Waals surface area contributed by atoms with Crippen molar-refractivity contribution in [2.24, 2.45) is 0 Å². The number of hydrogen-bond acceptors (Lipinski definition) is 0. The maximum absolute atomic E-state index is 2.51. The Hall–Kier alpha value is -6.90. The highest BCUT2D eigenvalue weighted by Gasteiger charge is 2.22. The van der Waals surface area contributed by atoms with Gasteiger partial charge in [-0.25, -0.2) is 0 Å². The van der Waals surface area contributed by atoms with E-state index in [2.05, 4.69) is 203 Å². The molecule has 0 spiro atoms. The van der Waals surface area contributed by atoms with Crippen LogP contribution in [0.3, 0.4) is 0 Å². The monoisotopic (exact) mass is 660 g/mol. The number of para-hydroxylation sites is 2. The second-order valence-corrected chi connectivity index (χ2v) is 13.7. The summed E-state index contributed by atoms with van der Waals surface area (Å²) in [7, 11) is 0. The molecule has 242 valence electrons. The zero-order valence-corrected chi connectivity index (χ0v) is 28.4. The summed E-state index contributed by atoms with van der Waals surface area (Å²) in [6.45, 7) is 0. The number of rotatable bonds is 4. The quantitative estimate of drug-likeness (QED) is 0.178. The van der Waals surface area contributed by atoms with E-state index in [-0.39, 0.29) is 0 Å². The van der Waals surface area contributed by atoms with Crippen molar-refractivity contribution >= 4 is 65.2 Å². The van der Waals surface area contributed by atoms with Gasteiger partial charge >= 0.3 is 0 Å². The molecule has 2 heterocycles. The van der Waals surface area contributed by atoms with Crippen LogP contribution in [0.1, 0.15) is 0 Å². The van der Waals surface area contributed by atoms with Crippen LogP contribution in [0.2, 0.25) is 0 Å². The van der Waals surface area contributed by atoms with E-state index in [1.807, 2.05) is 0 Å². The highest BCUT2D eigenvalue weighted by Crippen LogP contribution is 2.45. The first-order chi connectivity index (χ1) is 25.8. The van der Waals surface area contributed by atoms with Gasteiger partial charge in [0.25, 0.3) is 0 Å². The van der Waals surface area contributed by atoms with Crippen LogP contribution in [0.5, 0.6) is 0 Å². The van der Waals surface area contributed by atoms with E-state index in [1.165, 1.54) is 87.4 Å². The SMILES string of the molecule is c1ccc(-c2ccc(-n3c4ccccc4c4ccc(-c5c6ccccc6cc6c7ccc8ccccc8c7n(-c7ccccc7)c56)cc43)cc2)cc1. The average molecular weight is 661 g/mol. The Balaban J connectivity index is 1.26. The van der Waals surface area contributed by atoms with Gasteiger partial charge in [0.15, 0.2) is 0 Å². The zero-order valence-electron chi connectivity index (χ0n) is 28.4. The highest BCUT2D eigenvalue weighted by atomic mass is 15.0. The lowest BCUT2D eigenvalue weighted by molar-refractivity contribution is 1.18. The fourth-order valence-corrected chi connectivity index (χ4v) is 8.56. The van der Waals surface area contributed by atoms with Crippen molar-refractivity contribution in [3.05, 3.63) is 194 Å². The van der Waals surface area contributed by atoms with E-state index in [0.29, 0.717) is 0 Å². The fraction of sp³-hybridized carbons (Fsp3) is 0. The fourth-order valence-electron chi connectivity index (χ4n) is 8.56. The van der Waals surface area contributed by atoms with Crippen molar-refractivity contribution in [3.8, 4) is 33.6 Å². The van der Waals surface area contributed by atoms with Gasteiger partial charge < -0.3 is 9.13 Å². The second kappa shape index (κ2) is 11.3. The first kappa shape index (κ1) is 28.9. The third-order valence-corrected chi connectivity index (χ3v) is 10.9. The molecule has 0 saturated carbocycles. The normalized spacial score (nSPS) is 11.8. The van der Waals surface area contributed by atoms with Gasteiger partial charge in [-0.2, -0.15) is 0 Å². The molecule has 0 aliphatic heterocycles. The Morgan fingerprint density at radius 1 is 0.269 bits per heavy atom. The van der Waals surface area contributed by atoms with Crippen molar-refractivity contribution in [2.45, 2.75) is 0 Å². The van der Waals surface area contributed by atoms with Crippen LogP contribution >= 0.6 is 0 Å². The van der Waals surface area contributed by atoms with Crippen molar-refractivity contribution in [3.63, 3.8) is 0 Å². The van der Waals surface area contributed by atoms with Crippen molar-refractivity contribution in [2.75, 3.05) is 0 Å². The van der Waals surface area contributed by atoms with Gasteiger partial charge in [0.05, 0.1) is 22.1 Å². The van der Waals surface area contributed by atoms with Crippen LogP contribution in [-0.2, 0) is 0 Å². The van der Waals surface area contributed by atoms with Crippen molar-refractivity contribution in [1.82, 2.24) is 9.13 Å². The van der Waals surface area contributed by atoms with Gasteiger partial charge in [-0.1, -0.05) is 152 Å². The summed E-state index contributed by atoms with van der Waals surface area (Å²) in [5, 5.41) is 10.0. The van der Waals surface area contributed by atoms with E-state index in [0.717, 1.165) is 11.4 Å². The van der Waals surface area contributed by atoms with Crippen LogP contribution in [0, 0.1) is 0 Å². The minimum absolute atomic E-state index is 1.15. The maximum atomic E-state index is 2.51. The minimum Gasteiger partial charge on any atom is -0.309 e. The Morgan fingerprint density at radius 3 is 1.65 bits per heavy atom. The van der Waals surface area contributed by atoms with Crippen LogP contribution in [0.4, 0.5) is 0 Å². The minimum atomic E-state index is 1.15. The van der Waals surface area contributed by atoms with E-state index in [1.54, 1.807) is 0 Å². The molecular formula is C50H32N2. The molecule has 0 aliphatic carbocycles. The first-order valence-electron chi connectivity index (χ1n) is 17.9. The smallest absolute Gasteiger partial charge is 0.0626 e. The third kappa shape index (κ3) is 4.25. The predicted molar refractivity (Wildman–Crippen MR) is 221 cm³/mol. The van der Waals surface area contributed by atoms with Crippen molar-refractivity contribution < 1.29 is 0 Å². The molecule has 0 amide bonds. The molecular weight excluding hydrogens is 629 g/mol. The summed E-state index contributed by atoms with van der Waals surface area (Å²) < 4.78 is 4.95. The number of benzene rings is 9. The second-order valence-electron chi connectivity index (χ2n) is 13.7. The lowest BCUT2D eigenvalue weighted by atomic mass is 9.94. The molecule has 11 rings (SSSR count). The Morgan fingerprint density at radius 2 is 0.846 bits per heavy atom. The molecule has 0 aliphatic rings. The number of aromatic nitrogens is 2. The maximum Gasteiger partial charge on any atom is 0.0626 e. The van der Waals surface area contributed by atoms with Gasteiger partial charge in [0.1, 0.15) is 0 Å². The zero-order chi connectivity index (χ0) is 34.2. The lowest BCUT2D eigenvalue weighted by Gasteiger charge is -2.16. The predicted octanol–water partition coefficient (Wildman–Crippen LogP) is 13.5. The summed E-state index contributed by atoms with van der Waals surface area (Å²) in [6, 6.07) is 71.0. The Kier molecular flexibility index (Phi) is 6.28. The van der Waals surface area contributed by atoms with E-state index in [4.69, 9.17) is 0 Å². The van der Waals surface area contributed by atoms with Crippen LogP contribution in [0.15, 0.2) is 194 Å². The highest BCUT2D eigenvalue weighted by molar-refractivity contribution is 6.25. The van der Waals surface area contributed by atoms with Crippen LogP contribution in [0.25, 0.3) is 98.8 Å². The van der Waals surface area contributed by atoms with Gasteiger partial charge in [-0.15, -0.1) is 0 Å². The molecule has 2 heteroatoms. The Labute approximate surface area is 301 Å². The summed E-state index contributed by atoms with van der Waals surface area (Å²) in [4.78, 5) is 0. The van der Waals surface area contributed by atoms with Gasteiger partial charge in [-0.3, -0.25) is 0 Å².